The summed E-state index contributed by atoms with van der Waals surface area (Å²) in [4.78, 5) is 4.05. The van der Waals surface area contributed by atoms with Crippen molar-refractivity contribution in [2.24, 2.45) is 4.99 Å². The van der Waals surface area contributed by atoms with Crippen molar-refractivity contribution in [1.29, 1.82) is 0 Å². The van der Waals surface area contributed by atoms with Crippen molar-refractivity contribution in [2.45, 2.75) is 0 Å². The number of hydrogen-bond donors (Lipinski definition) is 0. The molecule has 2 heteroatoms. The molecule has 0 fully saturated rings. The second-order valence-electron chi connectivity index (χ2n) is 3.09. The maximum Gasteiger partial charge on any atom is 0.0817 e. The molecule has 0 aliphatic carbocycles. The number of isothiocyanates is 1. The number of para-hydroxylation sites is 1. The van der Waals surface area contributed by atoms with Crippen molar-refractivity contribution < 1.29 is 0 Å². The first kappa shape index (κ1) is 9.78. The van der Waals surface area contributed by atoms with Gasteiger partial charge < -0.3 is 0 Å². The number of nitrogens with zero attached hydrogens (tertiary/aromatic N) is 1. The third-order valence-electron chi connectivity index (χ3n) is 2.15. The van der Waals surface area contributed by atoms with Crippen molar-refractivity contribution in [3.63, 3.8) is 0 Å². The van der Waals surface area contributed by atoms with Crippen LogP contribution in [0, 0.1) is 0 Å². The molecule has 2 aromatic carbocycles. The first-order valence-corrected chi connectivity index (χ1v) is 5.05. The van der Waals surface area contributed by atoms with Gasteiger partial charge in [0.15, 0.2) is 0 Å². The Hall–Kier alpha value is -1.76. The van der Waals surface area contributed by atoms with Gasteiger partial charge in [0.2, 0.25) is 0 Å². The van der Waals surface area contributed by atoms with Crippen LogP contribution < -0.4 is 0 Å². The lowest BCUT2D eigenvalue weighted by atomic mass is 10.0. The summed E-state index contributed by atoms with van der Waals surface area (Å²) in [6.07, 6.45) is 0. The highest BCUT2D eigenvalue weighted by atomic mass is 32.1. The number of rotatable bonds is 2. The van der Waals surface area contributed by atoms with Gasteiger partial charge in [-0.25, -0.2) is 0 Å². The van der Waals surface area contributed by atoms with Gasteiger partial charge >= 0.3 is 0 Å². The predicted octanol–water partition coefficient (Wildman–Crippen LogP) is 4.09. The summed E-state index contributed by atoms with van der Waals surface area (Å²) in [6, 6.07) is 18.0. The Bertz CT molecular complexity index is 499. The van der Waals surface area contributed by atoms with Gasteiger partial charge in [-0.15, -0.1) is 0 Å². The molecule has 2 aromatic rings. The lowest BCUT2D eigenvalue weighted by molar-refractivity contribution is 1.53. The van der Waals surface area contributed by atoms with E-state index in [-0.39, 0.29) is 0 Å². The molecule has 72 valence electrons. The van der Waals surface area contributed by atoms with E-state index < -0.39 is 0 Å². The van der Waals surface area contributed by atoms with Gasteiger partial charge in [-0.3, -0.25) is 0 Å². The molecule has 0 amide bonds. The van der Waals surface area contributed by atoms with Crippen LogP contribution >= 0.6 is 12.2 Å². The average molecular weight is 211 g/mol. The quantitative estimate of drug-likeness (QED) is 0.538. The van der Waals surface area contributed by atoms with Gasteiger partial charge in [-0.1, -0.05) is 48.5 Å². The molecule has 0 N–H and O–H groups in total. The van der Waals surface area contributed by atoms with E-state index in [1.54, 1.807) is 0 Å². The molecule has 0 heterocycles. The van der Waals surface area contributed by atoms with Gasteiger partial charge in [0.1, 0.15) is 0 Å². The topological polar surface area (TPSA) is 12.4 Å². The summed E-state index contributed by atoms with van der Waals surface area (Å²) in [5.41, 5.74) is 3.08. The maximum absolute atomic E-state index is 4.63. The molecule has 2 rings (SSSR count). The molecule has 0 spiro atoms. The van der Waals surface area contributed by atoms with Crippen LogP contribution in [-0.2, 0) is 0 Å². The molecule has 15 heavy (non-hydrogen) atoms. The molecule has 0 atom stereocenters. The first-order valence-electron chi connectivity index (χ1n) is 4.64. The fourth-order valence-electron chi connectivity index (χ4n) is 1.48. The molecule has 0 saturated heterocycles. The van der Waals surface area contributed by atoms with Gasteiger partial charge in [0.05, 0.1) is 10.8 Å². The molecule has 0 radical (unpaired) electrons. The zero-order valence-electron chi connectivity index (χ0n) is 8.05. The fourth-order valence-corrected chi connectivity index (χ4v) is 1.58. The molecular weight excluding hydrogens is 202 g/mol. The van der Waals surface area contributed by atoms with E-state index >= 15 is 0 Å². The van der Waals surface area contributed by atoms with Crippen LogP contribution in [0.15, 0.2) is 59.6 Å². The Morgan fingerprint density at radius 1 is 0.867 bits per heavy atom. The Balaban J connectivity index is 2.58. The molecule has 0 saturated carbocycles. The van der Waals surface area contributed by atoms with Gasteiger partial charge in [-0.05, 0) is 23.8 Å². The van der Waals surface area contributed by atoms with Crippen LogP contribution in [0.4, 0.5) is 5.69 Å². The van der Waals surface area contributed by atoms with E-state index in [4.69, 9.17) is 0 Å². The third-order valence-corrected chi connectivity index (χ3v) is 2.25. The molecule has 0 bridgehead atoms. The monoisotopic (exact) mass is 211 g/mol. The first-order chi connectivity index (χ1) is 7.42. The van der Waals surface area contributed by atoms with Gasteiger partial charge in [0.25, 0.3) is 0 Å². The molecule has 0 aromatic heterocycles. The second-order valence-corrected chi connectivity index (χ2v) is 3.27. The average Bonchev–Trinajstić information content (AvgIpc) is 2.31. The van der Waals surface area contributed by atoms with Crippen molar-refractivity contribution in [3.05, 3.63) is 54.6 Å². The minimum absolute atomic E-state index is 0.860. The minimum atomic E-state index is 0.860. The summed E-state index contributed by atoms with van der Waals surface area (Å²) in [7, 11) is 0. The summed E-state index contributed by atoms with van der Waals surface area (Å²) in [5, 5.41) is 2.40. The molecule has 0 aliphatic rings. The van der Waals surface area contributed by atoms with Crippen LogP contribution in [0.3, 0.4) is 0 Å². The fraction of sp³-hybridized carbons (Fsp3) is 0. The van der Waals surface area contributed by atoms with Crippen molar-refractivity contribution in [1.82, 2.24) is 0 Å². The lowest BCUT2D eigenvalue weighted by Crippen LogP contribution is -1.77. The molecule has 0 aliphatic heterocycles. The highest BCUT2D eigenvalue weighted by molar-refractivity contribution is 7.78. The van der Waals surface area contributed by atoms with Crippen LogP contribution in [0.25, 0.3) is 11.1 Å². The van der Waals surface area contributed by atoms with E-state index in [0.29, 0.717) is 0 Å². The molecular formula is C13H9NS. The highest BCUT2D eigenvalue weighted by Crippen LogP contribution is 2.29. The number of hydrogen-bond acceptors (Lipinski definition) is 2. The highest BCUT2D eigenvalue weighted by Gasteiger charge is 2.01. The standard InChI is InChI=1S/C13H9NS/c15-10-14-13-9-5-4-8-12(13)11-6-2-1-3-7-11/h1-9H. The van der Waals surface area contributed by atoms with Crippen molar-refractivity contribution >= 4 is 23.1 Å². The Morgan fingerprint density at radius 2 is 1.53 bits per heavy atom. The lowest BCUT2D eigenvalue weighted by Gasteiger charge is -2.03. The van der Waals surface area contributed by atoms with E-state index in [1.807, 2.05) is 42.5 Å². The number of aliphatic imine (C=N–C) groups is 1. The summed E-state index contributed by atoms with van der Waals surface area (Å²) in [6.45, 7) is 0. The number of thiocarbonyl (C=S) groups is 1. The summed E-state index contributed by atoms with van der Waals surface area (Å²) in [5.74, 6) is 0. The van der Waals surface area contributed by atoms with Crippen LogP contribution in [-0.4, -0.2) is 5.16 Å². The second kappa shape index (κ2) is 4.65. The zero-order chi connectivity index (χ0) is 10.5. The van der Waals surface area contributed by atoms with E-state index in [2.05, 4.69) is 34.5 Å². The smallest absolute Gasteiger partial charge is 0.0817 e. The van der Waals surface area contributed by atoms with Gasteiger partial charge in [-0.2, -0.15) is 4.99 Å². The normalized spacial score (nSPS) is 9.33. The van der Waals surface area contributed by atoms with Crippen LogP contribution in [0.5, 0.6) is 0 Å². The van der Waals surface area contributed by atoms with Gasteiger partial charge in [0, 0.05) is 5.56 Å². The van der Waals surface area contributed by atoms with E-state index in [1.165, 1.54) is 0 Å². The van der Waals surface area contributed by atoms with Crippen molar-refractivity contribution in [3.8, 4) is 11.1 Å². The Morgan fingerprint density at radius 3 is 2.27 bits per heavy atom. The Kier molecular flexibility index (Phi) is 3.03. The summed E-state index contributed by atoms with van der Waals surface area (Å²) >= 11 is 4.63. The SMILES string of the molecule is S=C=Nc1ccccc1-c1ccccc1. The molecule has 1 nitrogen and oxygen atoms in total. The minimum Gasteiger partial charge on any atom is -0.194 e. The van der Waals surface area contributed by atoms with Crippen molar-refractivity contribution in [2.75, 3.05) is 0 Å². The maximum atomic E-state index is 4.63. The third kappa shape index (κ3) is 2.18. The van der Waals surface area contributed by atoms with Crippen LogP contribution in [0.1, 0.15) is 0 Å². The van der Waals surface area contributed by atoms with E-state index in [0.717, 1.165) is 16.8 Å². The largest absolute Gasteiger partial charge is 0.194 e. The number of benzene rings is 2. The van der Waals surface area contributed by atoms with E-state index in [9.17, 15) is 0 Å². The van der Waals surface area contributed by atoms with Crippen LogP contribution in [0.2, 0.25) is 0 Å². The zero-order valence-corrected chi connectivity index (χ0v) is 8.87. The molecule has 0 unspecified atom stereocenters. The summed E-state index contributed by atoms with van der Waals surface area (Å²) < 4.78 is 0. The Labute approximate surface area is 94.1 Å². The predicted molar refractivity (Wildman–Crippen MR) is 66.6 cm³/mol.